The second-order valence-corrected chi connectivity index (χ2v) is 6.79. The molecule has 1 fully saturated rings. The molecule has 1 unspecified atom stereocenters. The van der Waals surface area contributed by atoms with Gasteiger partial charge in [0.05, 0.1) is 0 Å². The molecule has 0 radical (unpaired) electrons. The zero-order valence-corrected chi connectivity index (χ0v) is 14.2. The number of carbonyl (C=O) groups is 1. The average molecular weight is 339 g/mol. The number of benzene rings is 1. The van der Waals surface area contributed by atoms with Crippen LogP contribution in [0.3, 0.4) is 0 Å². The summed E-state index contributed by atoms with van der Waals surface area (Å²) in [5.41, 5.74) is 1.72. The molecule has 0 amide bonds. The molecule has 1 aliphatic rings. The van der Waals surface area contributed by atoms with E-state index in [1.807, 2.05) is 6.92 Å². The van der Waals surface area contributed by atoms with E-state index in [4.69, 9.17) is 8.83 Å². The van der Waals surface area contributed by atoms with E-state index >= 15 is 0 Å². The summed E-state index contributed by atoms with van der Waals surface area (Å²) in [6.45, 7) is 1.82. The highest BCUT2D eigenvalue weighted by molar-refractivity contribution is 5.86. The lowest BCUT2D eigenvalue weighted by Crippen LogP contribution is -2.06. The first kappa shape index (κ1) is 16.1. The molecule has 0 spiro atoms. The molecule has 3 aromatic rings. The van der Waals surface area contributed by atoms with Gasteiger partial charge in [-0.3, -0.25) is 4.79 Å². The van der Waals surface area contributed by atoms with E-state index in [0.717, 1.165) is 30.4 Å². The summed E-state index contributed by atoms with van der Waals surface area (Å²) < 4.78 is 11.6. The van der Waals surface area contributed by atoms with Crippen molar-refractivity contribution in [2.75, 3.05) is 0 Å². The van der Waals surface area contributed by atoms with Gasteiger partial charge in [-0.15, -0.1) is 0 Å². The number of aryl methyl sites for hydroxylation is 1. The predicted octanol–water partition coefficient (Wildman–Crippen LogP) is 4.67. The lowest BCUT2D eigenvalue weighted by molar-refractivity contribution is 0.112. The fraction of sp³-hybridized carbons (Fsp3) is 0.400. The molecule has 25 heavy (non-hydrogen) atoms. The van der Waals surface area contributed by atoms with Crippen molar-refractivity contribution in [3.63, 3.8) is 0 Å². The van der Waals surface area contributed by atoms with Crippen LogP contribution in [0.1, 0.15) is 77.6 Å². The quantitative estimate of drug-likeness (QED) is 0.699. The van der Waals surface area contributed by atoms with Gasteiger partial charge in [-0.2, -0.15) is 0 Å². The molecule has 1 N–H and O–H groups in total. The average Bonchev–Trinajstić information content (AvgIpc) is 3.24. The fourth-order valence-electron chi connectivity index (χ4n) is 3.63. The van der Waals surface area contributed by atoms with Crippen molar-refractivity contribution in [1.82, 2.24) is 4.98 Å². The van der Waals surface area contributed by atoms with E-state index in [0.29, 0.717) is 34.3 Å². The largest absolute Gasteiger partial charge is 0.458 e. The molecule has 1 atom stereocenters. The first-order valence-corrected chi connectivity index (χ1v) is 8.79. The molecular weight excluding hydrogens is 318 g/mol. The van der Waals surface area contributed by atoms with Crippen LogP contribution in [0.5, 0.6) is 0 Å². The van der Waals surface area contributed by atoms with Crippen LogP contribution in [0.4, 0.5) is 0 Å². The number of fused-ring (bicyclic) bond motifs is 1. The maximum atomic E-state index is 10.9. The van der Waals surface area contributed by atoms with Crippen LogP contribution in [0, 0.1) is 6.92 Å². The normalized spacial score (nSPS) is 17.0. The third-order valence-electron chi connectivity index (χ3n) is 5.03. The first-order chi connectivity index (χ1) is 12.2. The Kier molecular flexibility index (Phi) is 4.17. The van der Waals surface area contributed by atoms with Crippen LogP contribution in [0.2, 0.25) is 0 Å². The number of carbonyl (C=O) groups excluding carboxylic acids is 1. The van der Waals surface area contributed by atoms with Crippen molar-refractivity contribution in [2.24, 2.45) is 0 Å². The Labute approximate surface area is 145 Å². The van der Waals surface area contributed by atoms with E-state index in [1.165, 1.54) is 19.3 Å². The highest BCUT2D eigenvalue weighted by Crippen LogP contribution is 2.35. The molecule has 0 bridgehead atoms. The van der Waals surface area contributed by atoms with Crippen LogP contribution in [0.25, 0.3) is 11.0 Å². The molecule has 2 aromatic heterocycles. The molecule has 1 aliphatic carbocycles. The van der Waals surface area contributed by atoms with Gasteiger partial charge in [-0.05, 0) is 44.0 Å². The van der Waals surface area contributed by atoms with E-state index in [2.05, 4.69) is 4.98 Å². The van der Waals surface area contributed by atoms with Crippen molar-refractivity contribution < 1.29 is 18.7 Å². The Morgan fingerprint density at radius 1 is 1.20 bits per heavy atom. The van der Waals surface area contributed by atoms with Crippen LogP contribution >= 0.6 is 0 Å². The van der Waals surface area contributed by atoms with Gasteiger partial charge in [0.25, 0.3) is 0 Å². The third-order valence-corrected chi connectivity index (χ3v) is 5.03. The lowest BCUT2D eigenvalue weighted by Gasteiger charge is -2.17. The molecule has 0 aliphatic heterocycles. The highest BCUT2D eigenvalue weighted by atomic mass is 16.4. The minimum absolute atomic E-state index is 0.347. The smallest absolute Gasteiger partial charge is 0.197 e. The number of hydrogen-bond acceptors (Lipinski definition) is 5. The Morgan fingerprint density at radius 2 is 2.00 bits per heavy atom. The maximum absolute atomic E-state index is 10.9. The van der Waals surface area contributed by atoms with E-state index in [-0.39, 0.29) is 0 Å². The van der Waals surface area contributed by atoms with E-state index < -0.39 is 6.10 Å². The molecule has 5 heteroatoms. The SMILES string of the molecule is Cc1oc(C2CCCCC2)nc1C(O)c1cc2cc(C=O)ccc2o1. The number of furan rings is 1. The van der Waals surface area contributed by atoms with Gasteiger partial charge >= 0.3 is 0 Å². The summed E-state index contributed by atoms with van der Waals surface area (Å²) in [5, 5.41) is 11.5. The first-order valence-electron chi connectivity index (χ1n) is 8.79. The Bertz CT molecular complexity index is 902. The monoisotopic (exact) mass is 339 g/mol. The summed E-state index contributed by atoms with van der Waals surface area (Å²) in [5.74, 6) is 2.11. The van der Waals surface area contributed by atoms with Crippen LogP contribution in [-0.4, -0.2) is 16.4 Å². The summed E-state index contributed by atoms with van der Waals surface area (Å²) >= 11 is 0. The van der Waals surface area contributed by atoms with Crippen LogP contribution in [0.15, 0.2) is 33.1 Å². The van der Waals surface area contributed by atoms with Crippen molar-refractivity contribution in [3.8, 4) is 0 Å². The number of nitrogens with zero attached hydrogens (tertiary/aromatic N) is 1. The van der Waals surface area contributed by atoms with E-state index in [9.17, 15) is 9.90 Å². The molecule has 1 aromatic carbocycles. The predicted molar refractivity (Wildman–Crippen MR) is 92.7 cm³/mol. The van der Waals surface area contributed by atoms with Crippen molar-refractivity contribution >= 4 is 17.3 Å². The number of aliphatic hydroxyl groups is 1. The van der Waals surface area contributed by atoms with Gasteiger partial charge in [0.15, 0.2) is 12.0 Å². The topological polar surface area (TPSA) is 76.5 Å². The Hall–Kier alpha value is -2.40. The number of aliphatic hydroxyl groups excluding tert-OH is 1. The van der Waals surface area contributed by atoms with Crippen molar-refractivity contribution in [3.05, 3.63) is 52.9 Å². The maximum Gasteiger partial charge on any atom is 0.197 e. The Morgan fingerprint density at radius 3 is 2.76 bits per heavy atom. The summed E-state index contributed by atoms with van der Waals surface area (Å²) in [4.78, 5) is 15.5. The molecule has 0 saturated heterocycles. The van der Waals surface area contributed by atoms with Gasteiger partial charge in [-0.1, -0.05) is 19.3 Å². The van der Waals surface area contributed by atoms with Crippen molar-refractivity contribution in [1.29, 1.82) is 0 Å². The molecule has 5 nitrogen and oxygen atoms in total. The van der Waals surface area contributed by atoms with Gasteiger partial charge in [0, 0.05) is 16.9 Å². The van der Waals surface area contributed by atoms with Crippen LogP contribution in [-0.2, 0) is 0 Å². The summed E-state index contributed by atoms with van der Waals surface area (Å²) in [6.07, 6.45) is 5.67. The zero-order valence-electron chi connectivity index (χ0n) is 14.2. The molecule has 130 valence electrons. The standard InChI is InChI=1S/C20H21NO4/c1-12-18(21-20(24-12)14-5-3-2-4-6-14)19(23)17-10-15-9-13(11-22)7-8-16(15)25-17/h7-11,14,19,23H,2-6H2,1H3. The van der Waals surface area contributed by atoms with Gasteiger partial charge in [0.1, 0.15) is 29.1 Å². The summed E-state index contributed by atoms with van der Waals surface area (Å²) in [7, 11) is 0. The fourth-order valence-corrected chi connectivity index (χ4v) is 3.63. The lowest BCUT2D eigenvalue weighted by atomic mass is 9.89. The number of aldehydes is 1. The highest BCUT2D eigenvalue weighted by Gasteiger charge is 2.27. The molecule has 1 saturated carbocycles. The minimum Gasteiger partial charge on any atom is -0.458 e. The number of rotatable bonds is 4. The number of hydrogen-bond donors (Lipinski definition) is 1. The van der Waals surface area contributed by atoms with Crippen LogP contribution < -0.4 is 0 Å². The zero-order chi connectivity index (χ0) is 17.4. The number of oxazole rings is 1. The van der Waals surface area contributed by atoms with Gasteiger partial charge in [-0.25, -0.2) is 4.98 Å². The molecule has 2 heterocycles. The second kappa shape index (κ2) is 6.48. The molecular formula is C20H21NO4. The van der Waals surface area contributed by atoms with Gasteiger partial charge < -0.3 is 13.9 Å². The second-order valence-electron chi connectivity index (χ2n) is 6.79. The summed E-state index contributed by atoms with van der Waals surface area (Å²) in [6, 6.07) is 6.92. The minimum atomic E-state index is -0.979. The van der Waals surface area contributed by atoms with Gasteiger partial charge in [0.2, 0.25) is 0 Å². The Balaban J connectivity index is 1.65. The van der Waals surface area contributed by atoms with Crippen molar-refractivity contribution in [2.45, 2.75) is 51.0 Å². The van der Waals surface area contributed by atoms with E-state index in [1.54, 1.807) is 24.3 Å². The molecule has 4 rings (SSSR count). The third kappa shape index (κ3) is 3.00. The number of aromatic nitrogens is 1.